The predicted octanol–water partition coefficient (Wildman–Crippen LogP) is 3.02. The SMILES string of the molecule is CNC(=O)c1ncc(N2CCN([C@@H]3CC[C@@H](c4cc5cccc(F)c5c(=O)[nH]4)C3)CC2)cc1F. The zero-order valence-corrected chi connectivity index (χ0v) is 19.0. The number of hydrogen-bond donors (Lipinski definition) is 2. The van der Waals surface area contributed by atoms with Crippen molar-refractivity contribution in [2.45, 2.75) is 31.2 Å². The molecule has 2 aliphatic rings. The van der Waals surface area contributed by atoms with Gasteiger partial charge in [0, 0.05) is 56.9 Å². The molecule has 5 rings (SSSR count). The van der Waals surface area contributed by atoms with Crippen molar-refractivity contribution in [3.05, 3.63) is 69.9 Å². The van der Waals surface area contributed by atoms with E-state index in [-0.39, 0.29) is 22.6 Å². The van der Waals surface area contributed by atoms with E-state index in [1.54, 1.807) is 18.3 Å². The Morgan fingerprint density at radius 3 is 2.65 bits per heavy atom. The Balaban J connectivity index is 1.22. The van der Waals surface area contributed by atoms with E-state index < -0.39 is 17.5 Å². The van der Waals surface area contributed by atoms with Crippen molar-refractivity contribution in [3.63, 3.8) is 0 Å². The van der Waals surface area contributed by atoms with Gasteiger partial charge in [-0.25, -0.2) is 13.8 Å². The molecule has 34 heavy (non-hydrogen) atoms. The summed E-state index contributed by atoms with van der Waals surface area (Å²) in [5.74, 6) is -1.42. The van der Waals surface area contributed by atoms with Crippen LogP contribution in [0.2, 0.25) is 0 Å². The van der Waals surface area contributed by atoms with Crippen LogP contribution in [0.3, 0.4) is 0 Å². The topological polar surface area (TPSA) is 81.3 Å². The number of carbonyl (C=O) groups excluding carboxylic acids is 1. The summed E-state index contributed by atoms with van der Waals surface area (Å²) in [4.78, 5) is 35.6. The molecule has 0 bridgehead atoms. The fourth-order valence-corrected chi connectivity index (χ4v) is 5.32. The molecule has 1 aliphatic heterocycles. The summed E-state index contributed by atoms with van der Waals surface area (Å²) in [6.07, 6.45) is 4.49. The van der Waals surface area contributed by atoms with Gasteiger partial charge in [-0.3, -0.25) is 14.5 Å². The number of rotatable bonds is 4. The highest BCUT2D eigenvalue weighted by Gasteiger charge is 2.33. The normalized spacial score (nSPS) is 21.2. The van der Waals surface area contributed by atoms with Crippen molar-refractivity contribution in [3.8, 4) is 0 Å². The predicted molar refractivity (Wildman–Crippen MR) is 126 cm³/mol. The fraction of sp³-hybridized carbons (Fsp3) is 0.400. The number of fused-ring (bicyclic) bond motifs is 1. The van der Waals surface area contributed by atoms with E-state index in [0.29, 0.717) is 17.1 Å². The molecule has 2 N–H and O–H groups in total. The van der Waals surface area contributed by atoms with Gasteiger partial charge in [0.1, 0.15) is 5.82 Å². The Hall–Kier alpha value is -3.33. The first-order valence-electron chi connectivity index (χ1n) is 11.6. The largest absolute Gasteiger partial charge is 0.368 e. The van der Waals surface area contributed by atoms with Crippen LogP contribution in [0, 0.1) is 11.6 Å². The number of nitrogens with one attached hydrogen (secondary N) is 2. The van der Waals surface area contributed by atoms with E-state index in [1.807, 2.05) is 6.07 Å². The number of piperazine rings is 1. The van der Waals surface area contributed by atoms with Crippen molar-refractivity contribution >= 4 is 22.4 Å². The molecule has 3 heterocycles. The zero-order valence-electron chi connectivity index (χ0n) is 19.0. The summed E-state index contributed by atoms with van der Waals surface area (Å²) >= 11 is 0. The highest BCUT2D eigenvalue weighted by atomic mass is 19.1. The summed E-state index contributed by atoms with van der Waals surface area (Å²) in [7, 11) is 1.45. The Kier molecular flexibility index (Phi) is 6.03. The lowest BCUT2D eigenvalue weighted by atomic mass is 10.00. The second kappa shape index (κ2) is 9.13. The van der Waals surface area contributed by atoms with Crippen molar-refractivity contribution in [1.29, 1.82) is 0 Å². The lowest BCUT2D eigenvalue weighted by molar-refractivity contribution is 0.0953. The third-order valence-corrected chi connectivity index (χ3v) is 7.15. The van der Waals surface area contributed by atoms with Crippen molar-refractivity contribution < 1.29 is 13.6 Å². The number of amides is 1. The Bertz CT molecular complexity index is 1290. The second-order valence-corrected chi connectivity index (χ2v) is 9.05. The minimum atomic E-state index is -0.623. The number of aromatic amines is 1. The molecule has 3 aromatic rings. The number of nitrogens with zero attached hydrogens (tertiary/aromatic N) is 3. The molecule has 1 aromatic carbocycles. The van der Waals surface area contributed by atoms with Gasteiger partial charge >= 0.3 is 0 Å². The average molecular weight is 468 g/mol. The number of pyridine rings is 2. The van der Waals surface area contributed by atoms with Crippen LogP contribution in [-0.2, 0) is 0 Å². The molecule has 2 aromatic heterocycles. The molecule has 1 saturated heterocycles. The van der Waals surface area contributed by atoms with Gasteiger partial charge in [-0.1, -0.05) is 12.1 Å². The molecule has 0 spiro atoms. The molecule has 2 atom stereocenters. The van der Waals surface area contributed by atoms with E-state index in [4.69, 9.17) is 0 Å². The number of benzene rings is 1. The monoisotopic (exact) mass is 467 g/mol. The summed E-state index contributed by atoms with van der Waals surface area (Å²) in [5.41, 5.74) is 0.986. The van der Waals surface area contributed by atoms with Crippen molar-refractivity contribution in [1.82, 2.24) is 20.2 Å². The van der Waals surface area contributed by atoms with Crippen LogP contribution in [0.5, 0.6) is 0 Å². The molecule has 1 saturated carbocycles. The minimum Gasteiger partial charge on any atom is -0.368 e. The number of anilines is 1. The third-order valence-electron chi connectivity index (χ3n) is 7.15. The van der Waals surface area contributed by atoms with Gasteiger partial charge in [0.15, 0.2) is 11.5 Å². The first-order valence-corrected chi connectivity index (χ1v) is 11.6. The highest BCUT2D eigenvalue weighted by Crippen LogP contribution is 2.37. The van der Waals surface area contributed by atoms with Gasteiger partial charge in [-0.15, -0.1) is 0 Å². The standard InChI is InChI=1S/C25H27F2N5O2/c1-28-25(34)23-20(27)13-18(14-29-23)32-9-7-31(8-10-32)17-6-5-15(11-17)21-12-16-3-2-4-19(26)22(16)24(33)30-21/h2-4,12-15,17H,5-11H2,1H3,(H,28,34)(H,30,33)/t15-,17-/m1/s1. The Labute approximate surface area is 195 Å². The maximum absolute atomic E-state index is 14.3. The van der Waals surface area contributed by atoms with Crippen molar-refractivity contribution in [2.24, 2.45) is 0 Å². The fourth-order valence-electron chi connectivity index (χ4n) is 5.32. The van der Waals surface area contributed by atoms with Gasteiger partial charge in [-0.2, -0.15) is 0 Å². The first kappa shape index (κ1) is 22.5. The second-order valence-electron chi connectivity index (χ2n) is 9.05. The Morgan fingerprint density at radius 1 is 1.12 bits per heavy atom. The highest BCUT2D eigenvalue weighted by molar-refractivity contribution is 5.92. The molecular weight excluding hydrogens is 440 g/mol. The number of halogens is 2. The van der Waals surface area contributed by atoms with Gasteiger partial charge < -0.3 is 15.2 Å². The van der Waals surface area contributed by atoms with Gasteiger partial charge in [-0.05, 0) is 36.8 Å². The lowest BCUT2D eigenvalue weighted by Crippen LogP contribution is -2.49. The van der Waals surface area contributed by atoms with Crippen LogP contribution in [0.4, 0.5) is 14.5 Å². The molecular formula is C25H27F2N5O2. The molecule has 1 aliphatic carbocycles. The average Bonchev–Trinajstić information content (AvgIpc) is 3.34. The summed E-state index contributed by atoms with van der Waals surface area (Å²) in [5, 5.41) is 3.14. The first-order chi connectivity index (χ1) is 16.4. The zero-order chi connectivity index (χ0) is 23.8. The van der Waals surface area contributed by atoms with Gasteiger partial charge in [0.25, 0.3) is 11.5 Å². The van der Waals surface area contributed by atoms with Crippen LogP contribution in [0.1, 0.15) is 41.4 Å². The molecule has 0 radical (unpaired) electrons. The minimum absolute atomic E-state index is 0.117. The quantitative estimate of drug-likeness (QED) is 0.617. The van der Waals surface area contributed by atoms with E-state index >= 15 is 0 Å². The molecule has 9 heteroatoms. The summed E-state index contributed by atoms with van der Waals surface area (Å²) in [6.45, 7) is 3.17. The Morgan fingerprint density at radius 2 is 1.91 bits per heavy atom. The van der Waals surface area contributed by atoms with Crippen LogP contribution in [0.15, 0.2) is 41.3 Å². The molecule has 2 fully saturated rings. The summed E-state index contributed by atoms with van der Waals surface area (Å²) < 4.78 is 28.3. The number of H-pyrrole nitrogens is 1. The van der Waals surface area contributed by atoms with Crippen LogP contribution < -0.4 is 15.8 Å². The number of hydrogen-bond acceptors (Lipinski definition) is 5. The van der Waals surface area contributed by atoms with E-state index in [2.05, 4.69) is 25.1 Å². The molecule has 178 valence electrons. The van der Waals surface area contributed by atoms with E-state index in [0.717, 1.165) is 51.1 Å². The maximum atomic E-state index is 14.3. The molecule has 1 amide bonds. The maximum Gasteiger partial charge on any atom is 0.272 e. The van der Waals surface area contributed by atoms with E-state index in [1.165, 1.54) is 19.2 Å². The van der Waals surface area contributed by atoms with Crippen LogP contribution in [-0.4, -0.2) is 60.0 Å². The van der Waals surface area contributed by atoms with Crippen molar-refractivity contribution in [2.75, 3.05) is 38.1 Å². The number of aromatic nitrogens is 2. The smallest absolute Gasteiger partial charge is 0.272 e. The lowest BCUT2D eigenvalue weighted by Gasteiger charge is -2.39. The van der Waals surface area contributed by atoms with Crippen LogP contribution in [0.25, 0.3) is 10.8 Å². The number of carbonyl (C=O) groups is 1. The van der Waals surface area contributed by atoms with Gasteiger partial charge in [0.2, 0.25) is 0 Å². The van der Waals surface area contributed by atoms with Gasteiger partial charge in [0.05, 0.1) is 17.3 Å². The third kappa shape index (κ3) is 4.16. The van der Waals surface area contributed by atoms with Crippen LogP contribution >= 0.6 is 0 Å². The molecule has 7 nitrogen and oxygen atoms in total. The van der Waals surface area contributed by atoms with E-state index in [9.17, 15) is 18.4 Å². The summed E-state index contributed by atoms with van der Waals surface area (Å²) in [6, 6.07) is 8.41. The molecule has 0 unspecified atom stereocenters.